The van der Waals surface area contributed by atoms with Crippen LogP contribution in [0, 0.1) is 23.5 Å². The third kappa shape index (κ3) is 8.34. The summed E-state index contributed by atoms with van der Waals surface area (Å²) in [7, 11) is -1.34. The number of pyridine rings is 1. The van der Waals surface area contributed by atoms with Gasteiger partial charge in [0, 0.05) is 47.4 Å². The molecule has 0 bridgehead atoms. The molecule has 0 spiro atoms. The number of rotatable bonds is 10. The summed E-state index contributed by atoms with van der Waals surface area (Å²) in [5.74, 6) is 3.42. The van der Waals surface area contributed by atoms with E-state index in [1.54, 1.807) is 20.1 Å². The second-order valence-corrected chi connectivity index (χ2v) is 14.1. The lowest BCUT2D eigenvalue weighted by molar-refractivity contribution is -0.141. The summed E-state index contributed by atoms with van der Waals surface area (Å²) in [6, 6.07) is 7.68. The van der Waals surface area contributed by atoms with Crippen molar-refractivity contribution in [3.63, 3.8) is 0 Å². The molecule has 4 rings (SSSR count). The molecule has 0 saturated carbocycles. The molecule has 48 heavy (non-hydrogen) atoms. The van der Waals surface area contributed by atoms with Crippen molar-refractivity contribution in [3.8, 4) is 23.0 Å². The number of benzene rings is 2. The van der Waals surface area contributed by atoms with E-state index in [1.807, 2.05) is 0 Å². The quantitative estimate of drug-likeness (QED) is 0.0840. The Balaban J connectivity index is 2.08. The van der Waals surface area contributed by atoms with Crippen molar-refractivity contribution < 1.29 is 35.8 Å². The Morgan fingerprint density at radius 3 is 2.35 bits per heavy atom. The summed E-state index contributed by atoms with van der Waals surface area (Å²) in [4.78, 5) is 29.0. The second-order valence-electron chi connectivity index (χ2n) is 11.1. The zero-order chi connectivity index (χ0) is 35.6. The lowest BCUT2D eigenvalue weighted by Crippen LogP contribution is -2.24. The molecule has 2 aromatic carbocycles. The van der Waals surface area contributed by atoms with Gasteiger partial charge in [-0.15, -0.1) is 0 Å². The monoisotopic (exact) mass is 725 g/mol. The first kappa shape index (κ1) is 36.8. The predicted octanol–water partition coefficient (Wildman–Crippen LogP) is 6.76. The van der Waals surface area contributed by atoms with Gasteiger partial charge in [0.1, 0.15) is 28.6 Å². The van der Waals surface area contributed by atoms with Gasteiger partial charge in [-0.2, -0.15) is 18.3 Å². The summed E-state index contributed by atoms with van der Waals surface area (Å²) in [6.45, 7) is 3.03. The third-order valence-electron chi connectivity index (χ3n) is 7.20. The number of hydrogen-bond donors (Lipinski definition) is 1. The standard InChI is InChI=1S/C32H29ClF5N5O3S2/c1-18(45)43(47-4)30-27-25(33)9-8-24(29(27)42(41-30)16-32(36,37)38)23-7-6-22(10-11-31(2,3)48(5)46)40-28(23)26(39-17-44)14-19-12-20(34)15-21(35)13-19/h6-9,12-13,15,17,26H,14,16H2,1-5H3,(H,39,44). The number of hydrogen-bond acceptors (Lipinski definition) is 6. The molecule has 0 aliphatic heterocycles. The van der Waals surface area contributed by atoms with Gasteiger partial charge in [0.15, 0.2) is 5.82 Å². The molecular formula is C32H29ClF5N5O3S2. The van der Waals surface area contributed by atoms with Crippen LogP contribution in [0.2, 0.25) is 5.02 Å². The lowest BCUT2D eigenvalue weighted by Gasteiger charge is -2.21. The van der Waals surface area contributed by atoms with E-state index in [0.717, 1.165) is 28.4 Å². The van der Waals surface area contributed by atoms with Crippen LogP contribution in [-0.4, -0.2) is 54.7 Å². The van der Waals surface area contributed by atoms with Gasteiger partial charge in [0.2, 0.25) is 12.3 Å². The third-order valence-corrected chi connectivity index (χ3v) is 9.85. The molecule has 0 aliphatic carbocycles. The molecule has 8 nitrogen and oxygen atoms in total. The fourth-order valence-corrected chi connectivity index (χ4v) is 5.86. The van der Waals surface area contributed by atoms with Crippen molar-refractivity contribution in [1.82, 2.24) is 20.1 Å². The molecule has 16 heteroatoms. The van der Waals surface area contributed by atoms with Crippen molar-refractivity contribution in [2.75, 3.05) is 16.8 Å². The second kappa shape index (κ2) is 14.6. The van der Waals surface area contributed by atoms with Crippen LogP contribution in [0.25, 0.3) is 22.0 Å². The Morgan fingerprint density at radius 2 is 1.79 bits per heavy atom. The number of alkyl halides is 3. The van der Waals surface area contributed by atoms with Crippen molar-refractivity contribution in [2.45, 2.75) is 50.7 Å². The average molecular weight is 726 g/mol. The van der Waals surface area contributed by atoms with Gasteiger partial charge in [0.25, 0.3) is 0 Å². The molecule has 1 N–H and O–H groups in total. The van der Waals surface area contributed by atoms with Crippen LogP contribution in [0.4, 0.5) is 27.8 Å². The van der Waals surface area contributed by atoms with Crippen LogP contribution in [0.3, 0.4) is 0 Å². The van der Waals surface area contributed by atoms with E-state index in [1.165, 1.54) is 37.4 Å². The number of halogens is 6. The highest BCUT2D eigenvalue weighted by atomic mass is 35.5. The molecule has 2 heterocycles. The SMILES string of the molecule is CSN(C(C)=O)c1nn(CC(F)(F)F)c2c(-c3ccc(C#CC(C)(C)S(C)=O)nc3C(Cc3cc(F)cc(F)c3)NC=O)ccc(Cl)c12. The van der Waals surface area contributed by atoms with Gasteiger partial charge in [0.05, 0.1) is 27.7 Å². The number of amides is 2. The van der Waals surface area contributed by atoms with Crippen molar-refractivity contribution in [1.29, 1.82) is 0 Å². The van der Waals surface area contributed by atoms with Crippen molar-refractivity contribution in [3.05, 3.63) is 76.1 Å². The van der Waals surface area contributed by atoms with Crippen LogP contribution < -0.4 is 9.62 Å². The Morgan fingerprint density at radius 1 is 1.15 bits per heavy atom. The maximum Gasteiger partial charge on any atom is 0.408 e. The van der Waals surface area contributed by atoms with Crippen LogP contribution >= 0.6 is 23.5 Å². The number of aromatic nitrogens is 3. The minimum Gasteiger partial charge on any atom is -0.350 e. The Bertz CT molecular complexity index is 1950. The Kier molecular flexibility index (Phi) is 11.2. The van der Waals surface area contributed by atoms with Crippen molar-refractivity contribution >= 4 is 63.4 Å². The molecule has 0 saturated heterocycles. The van der Waals surface area contributed by atoms with E-state index in [9.17, 15) is 35.8 Å². The first-order valence-electron chi connectivity index (χ1n) is 14.1. The highest BCUT2D eigenvalue weighted by molar-refractivity contribution is 8.00. The Hall–Kier alpha value is -4.00. The molecule has 0 fully saturated rings. The zero-order valence-electron chi connectivity index (χ0n) is 26.2. The smallest absolute Gasteiger partial charge is 0.350 e. The summed E-state index contributed by atoms with van der Waals surface area (Å²) in [6.07, 6.45) is -1.50. The summed E-state index contributed by atoms with van der Waals surface area (Å²) in [5.41, 5.74) is 0.692. The van der Waals surface area contributed by atoms with Crippen LogP contribution in [0.5, 0.6) is 0 Å². The molecule has 2 atom stereocenters. The molecule has 2 amide bonds. The van der Waals surface area contributed by atoms with Gasteiger partial charge >= 0.3 is 6.18 Å². The molecule has 0 aliphatic rings. The van der Waals surface area contributed by atoms with Crippen LogP contribution in [0.1, 0.15) is 43.8 Å². The number of fused-ring (bicyclic) bond motifs is 1. The van der Waals surface area contributed by atoms with Gasteiger partial charge in [-0.25, -0.2) is 18.1 Å². The summed E-state index contributed by atoms with van der Waals surface area (Å²) in [5, 5.41) is 6.85. The maximum atomic E-state index is 14.2. The van der Waals surface area contributed by atoms with E-state index < -0.39 is 51.9 Å². The van der Waals surface area contributed by atoms with Crippen molar-refractivity contribution in [2.24, 2.45) is 0 Å². The predicted molar refractivity (Wildman–Crippen MR) is 178 cm³/mol. The fourth-order valence-electron chi connectivity index (χ4n) is 4.88. The molecular weight excluding hydrogens is 697 g/mol. The summed E-state index contributed by atoms with van der Waals surface area (Å²) >= 11 is 7.49. The van der Waals surface area contributed by atoms with E-state index in [-0.39, 0.29) is 56.2 Å². The molecule has 254 valence electrons. The molecule has 0 radical (unpaired) electrons. The van der Waals surface area contributed by atoms with Gasteiger partial charge in [-0.3, -0.25) is 18.5 Å². The van der Waals surface area contributed by atoms with Gasteiger partial charge in [-0.1, -0.05) is 23.6 Å². The van der Waals surface area contributed by atoms with E-state index in [4.69, 9.17) is 11.6 Å². The summed E-state index contributed by atoms with van der Waals surface area (Å²) < 4.78 is 83.2. The van der Waals surface area contributed by atoms with Gasteiger partial charge in [-0.05, 0) is 74.0 Å². The maximum absolute atomic E-state index is 14.2. The largest absolute Gasteiger partial charge is 0.408 e. The molecule has 2 aromatic heterocycles. The number of nitrogens with one attached hydrogen (secondary N) is 1. The molecule has 4 aromatic rings. The van der Waals surface area contributed by atoms with E-state index in [2.05, 4.69) is 27.2 Å². The first-order valence-corrected chi connectivity index (χ1v) is 17.2. The number of carbonyl (C=O) groups is 2. The Labute approximate surface area is 285 Å². The van der Waals surface area contributed by atoms with Gasteiger partial charge < -0.3 is 5.32 Å². The first-order chi connectivity index (χ1) is 22.4. The minimum atomic E-state index is -4.73. The minimum absolute atomic E-state index is 0.0158. The number of nitrogens with zero attached hydrogens (tertiary/aromatic N) is 4. The fraction of sp³-hybridized carbons (Fsp3) is 0.312. The van der Waals surface area contributed by atoms with E-state index >= 15 is 0 Å². The highest BCUT2D eigenvalue weighted by Crippen LogP contribution is 2.42. The van der Waals surface area contributed by atoms with E-state index in [0.29, 0.717) is 17.2 Å². The topological polar surface area (TPSA) is 97.2 Å². The number of carbonyl (C=O) groups excluding carboxylic acids is 2. The lowest BCUT2D eigenvalue weighted by atomic mass is 9.94. The zero-order valence-corrected chi connectivity index (χ0v) is 28.6. The highest BCUT2D eigenvalue weighted by Gasteiger charge is 2.33. The van der Waals surface area contributed by atoms with Crippen LogP contribution in [-0.2, 0) is 33.4 Å². The normalized spacial score (nSPS) is 13.1. The molecule has 2 unspecified atom stereocenters. The van der Waals surface area contributed by atoms with Crippen LogP contribution in [0.15, 0.2) is 42.5 Å². The average Bonchev–Trinajstić information content (AvgIpc) is 3.33. The number of anilines is 1.